The van der Waals surface area contributed by atoms with Crippen LogP contribution >= 0.6 is 0 Å². The van der Waals surface area contributed by atoms with E-state index in [9.17, 15) is 9.59 Å². The first-order valence-corrected chi connectivity index (χ1v) is 7.92. The van der Waals surface area contributed by atoms with E-state index in [2.05, 4.69) is 10.4 Å². The Bertz CT molecular complexity index is 893. The summed E-state index contributed by atoms with van der Waals surface area (Å²) in [6.45, 7) is 2.03. The highest BCUT2D eigenvalue weighted by Crippen LogP contribution is 2.17. The van der Waals surface area contributed by atoms with Crippen LogP contribution < -0.4 is 11.1 Å². The third-order valence-electron chi connectivity index (χ3n) is 3.70. The molecule has 0 atom stereocenters. The summed E-state index contributed by atoms with van der Waals surface area (Å²) >= 11 is 0. The molecule has 2 amide bonds. The van der Waals surface area contributed by atoms with Crippen molar-refractivity contribution < 1.29 is 14.0 Å². The number of furan rings is 1. The first-order valence-electron chi connectivity index (χ1n) is 7.92. The van der Waals surface area contributed by atoms with Gasteiger partial charge >= 0.3 is 0 Å². The molecule has 0 aliphatic carbocycles. The lowest BCUT2D eigenvalue weighted by Gasteiger charge is -2.07. The van der Waals surface area contributed by atoms with Crippen LogP contribution in [0.5, 0.6) is 0 Å². The summed E-state index contributed by atoms with van der Waals surface area (Å²) in [6.07, 6.45) is 4.79. The molecule has 0 saturated heterocycles. The Morgan fingerprint density at radius 2 is 1.96 bits per heavy atom. The number of anilines is 1. The van der Waals surface area contributed by atoms with Crippen LogP contribution in [0.1, 0.15) is 40.0 Å². The minimum Gasteiger partial charge on any atom is -0.469 e. The molecule has 0 aliphatic rings. The second-order valence-corrected chi connectivity index (χ2v) is 5.52. The van der Waals surface area contributed by atoms with E-state index in [1.54, 1.807) is 47.3 Å². The smallest absolute Gasteiger partial charge is 0.269 e. The molecule has 7 nitrogen and oxygen atoms in total. The highest BCUT2D eigenvalue weighted by Gasteiger charge is 2.14. The molecule has 3 N–H and O–H groups in total. The molecule has 2 heterocycles. The molecule has 2 aromatic heterocycles. The molecule has 3 aromatic rings. The highest BCUT2D eigenvalue weighted by molar-refractivity contribution is 6.05. The molecule has 3 rings (SSSR count). The van der Waals surface area contributed by atoms with Crippen molar-refractivity contribution in [3.8, 4) is 5.69 Å². The molecule has 0 bridgehead atoms. The lowest BCUT2D eigenvalue weighted by atomic mass is 10.1. The molecule has 0 unspecified atom stereocenters. The Hall–Kier alpha value is -3.35. The van der Waals surface area contributed by atoms with E-state index in [0.717, 1.165) is 18.5 Å². The first kappa shape index (κ1) is 16.5. The zero-order chi connectivity index (χ0) is 17.8. The fourth-order valence-electron chi connectivity index (χ4n) is 2.46. The van der Waals surface area contributed by atoms with E-state index >= 15 is 0 Å². The number of carbonyl (C=O) groups is 2. The average molecular weight is 338 g/mol. The van der Waals surface area contributed by atoms with Crippen LogP contribution in [0, 0.1) is 0 Å². The number of benzene rings is 1. The Morgan fingerprint density at radius 3 is 2.60 bits per heavy atom. The predicted molar refractivity (Wildman–Crippen MR) is 92.7 cm³/mol. The van der Waals surface area contributed by atoms with Gasteiger partial charge in [0.15, 0.2) is 0 Å². The van der Waals surface area contributed by atoms with Crippen molar-refractivity contribution >= 4 is 17.5 Å². The number of aromatic nitrogens is 2. The summed E-state index contributed by atoms with van der Waals surface area (Å²) < 4.78 is 6.90. The summed E-state index contributed by atoms with van der Waals surface area (Å²) in [4.78, 5) is 23.5. The van der Waals surface area contributed by atoms with Crippen LogP contribution in [-0.4, -0.2) is 21.6 Å². The van der Waals surface area contributed by atoms with Crippen molar-refractivity contribution in [1.82, 2.24) is 9.78 Å². The lowest BCUT2D eigenvalue weighted by molar-refractivity contribution is 0.0992. The van der Waals surface area contributed by atoms with Crippen LogP contribution in [0.25, 0.3) is 5.69 Å². The molecular weight excluding hydrogens is 320 g/mol. The van der Waals surface area contributed by atoms with E-state index in [4.69, 9.17) is 10.2 Å². The van der Waals surface area contributed by atoms with Gasteiger partial charge in [0.2, 0.25) is 0 Å². The first-order chi connectivity index (χ1) is 12.1. The lowest BCUT2D eigenvalue weighted by Crippen LogP contribution is -2.13. The van der Waals surface area contributed by atoms with E-state index < -0.39 is 5.91 Å². The van der Waals surface area contributed by atoms with Gasteiger partial charge in [-0.05, 0) is 42.8 Å². The van der Waals surface area contributed by atoms with Gasteiger partial charge in [-0.25, -0.2) is 4.68 Å². The van der Waals surface area contributed by atoms with Crippen molar-refractivity contribution in [3.05, 3.63) is 65.9 Å². The highest BCUT2D eigenvalue weighted by atomic mass is 16.3. The number of nitrogens with zero attached hydrogens (tertiary/aromatic N) is 2. The Balaban J connectivity index is 1.72. The average Bonchev–Trinajstić information content (AvgIpc) is 3.25. The molecule has 0 fully saturated rings. The largest absolute Gasteiger partial charge is 0.469 e. The molecule has 0 saturated carbocycles. The van der Waals surface area contributed by atoms with E-state index in [1.165, 1.54) is 6.26 Å². The van der Waals surface area contributed by atoms with Crippen molar-refractivity contribution in [2.45, 2.75) is 19.8 Å². The normalized spacial score (nSPS) is 10.6. The molecule has 128 valence electrons. The third-order valence-corrected chi connectivity index (χ3v) is 3.70. The number of nitrogens with one attached hydrogen (secondary N) is 1. The van der Waals surface area contributed by atoms with Crippen LogP contribution in [0.3, 0.4) is 0 Å². The Kier molecular flexibility index (Phi) is 4.65. The Morgan fingerprint density at radius 1 is 1.20 bits per heavy atom. The summed E-state index contributed by atoms with van der Waals surface area (Å²) in [5.74, 6) is -0.0992. The van der Waals surface area contributed by atoms with Gasteiger partial charge in [-0.15, -0.1) is 0 Å². The summed E-state index contributed by atoms with van der Waals surface area (Å²) in [6, 6.07) is 10.3. The van der Waals surface area contributed by atoms with Crippen molar-refractivity contribution in [2.75, 3.05) is 5.32 Å². The van der Waals surface area contributed by atoms with Gasteiger partial charge in [-0.2, -0.15) is 5.10 Å². The molecular formula is C18H18N4O3. The van der Waals surface area contributed by atoms with Gasteiger partial charge in [-0.1, -0.05) is 6.92 Å². The second-order valence-electron chi connectivity index (χ2n) is 5.52. The van der Waals surface area contributed by atoms with E-state index in [1.807, 2.05) is 6.92 Å². The quantitative estimate of drug-likeness (QED) is 0.721. The van der Waals surface area contributed by atoms with Gasteiger partial charge in [0.05, 0.1) is 17.5 Å². The molecule has 0 aliphatic heterocycles. The predicted octanol–water partition coefficient (Wildman–Crippen LogP) is 2.77. The number of aryl methyl sites for hydroxylation is 1. The molecule has 7 heteroatoms. The van der Waals surface area contributed by atoms with Crippen molar-refractivity contribution in [1.29, 1.82) is 0 Å². The van der Waals surface area contributed by atoms with Gasteiger partial charge in [0.25, 0.3) is 11.8 Å². The number of primary amides is 1. The number of amides is 2. The van der Waals surface area contributed by atoms with Gasteiger partial charge < -0.3 is 15.5 Å². The van der Waals surface area contributed by atoms with E-state index in [-0.39, 0.29) is 11.6 Å². The zero-order valence-corrected chi connectivity index (χ0v) is 13.7. The van der Waals surface area contributed by atoms with Gasteiger partial charge in [0, 0.05) is 18.3 Å². The SMILES string of the molecule is CCCc1occc1C(=O)Nc1ccc(-n2ccc(C(N)=O)n2)cc1. The molecule has 25 heavy (non-hydrogen) atoms. The molecule has 1 aromatic carbocycles. The topological polar surface area (TPSA) is 103 Å². The minimum atomic E-state index is -0.578. The number of carbonyl (C=O) groups excluding carboxylic acids is 2. The Labute approximate surface area is 144 Å². The number of hydrogen-bond donors (Lipinski definition) is 2. The zero-order valence-electron chi connectivity index (χ0n) is 13.7. The molecule has 0 radical (unpaired) electrons. The second kappa shape index (κ2) is 7.04. The fraction of sp³-hybridized carbons (Fsp3) is 0.167. The van der Waals surface area contributed by atoms with Crippen LogP contribution in [0.4, 0.5) is 5.69 Å². The van der Waals surface area contributed by atoms with Crippen LogP contribution in [0.2, 0.25) is 0 Å². The molecule has 0 spiro atoms. The van der Waals surface area contributed by atoms with Gasteiger partial charge in [0.1, 0.15) is 11.5 Å². The van der Waals surface area contributed by atoms with Crippen LogP contribution in [0.15, 0.2) is 53.3 Å². The standard InChI is InChI=1S/C18H18N4O3/c1-2-3-16-14(9-11-25-16)18(24)20-12-4-6-13(7-5-12)22-10-8-15(21-22)17(19)23/h4-11H,2-3H2,1H3,(H2,19,23)(H,20,24). The summed E-state index contributed by atoms with van der Waals surface area (Å²) in [7, 11) is 0. The third kappa shape index (κ3) is 3.60. The van der Waals surface area contributed by atoms with Crippen molar-refractivity contribution in [3.63, 3.8) is 0 Å². The summed E-state index contributed by atoms with van der Waals surface area (Å²) in [5, 5.41) is 6.93. The monoisotopic (exact) mass is 338 g/mol. The van der Waals surface area contributed by atoms with Crippen LogP contribution in [-0.2, 0) is 6.42 Å². The van der Waals surface area contributed by atoms with Crippen molar-refractivity contribution in [2.24, 2.45) is 5.73 Å². The van der Waals surface area contributed by atoms with E-state index in [0.29, 0.717) is 17.0 Å². The minimum absolute atomic E-state index is 0.195. The maximum Gasteiger partial charge on any atom is 0.269 e. The number of hydrogen-bond acceptors (Lipinski definition) is 4. The number of rotatable bonds is 6. The maximum atomic E-state index is 12.4. The number of nitrogens with two attached hydrogens (primary N) is 1. The fourth-order valence-corrected chi connectivity index (χ4v) is 2.46. The summed E-state index contributed by atoms with van der Waals surface area (Å²) in [5.41, 5.74) is 7.34. The maximum absolute atomic E-state index is 12.4. The van der Waals surface area contributed by atoms with Gasteiger partial charge in [-0.3, -0.25) is 9.59 Å².